The fourth-order valence-corrected chi connectivity index (χ4v) is 2.98. The van der Waals surface area contributed by atoms with Gasteiger partial charge in [-0.25, -0.2) is 0 Å². The summed E-state index contributed by atoms with van der Waals surface area (Å²) in [4.78, 5) is 26.0. The quantitative estimate of drug-likeness (QED) is 0.496. The van der Waals surface area contributed by atoms with Gasteiger partial charge in [-0.2, -0.15) is 0 Å². The molecule has 3 heteroatoms. The molecular weight excluding hydrogens is 336 g/mol. The molecule has 0 radical (unpaired) electrons. The molecule has 0 saturated carbocycles. The van der Waals surface area contributed by atoms with Crippen LogP contribution in [0.5, 0.6) is 0 Å². The Morgan fingerprint density at radius 1 is 0.963 bits per heavy atom. The predicted octanol–water partition coefficient (Wildman–Crippen LogP) is 5.28. The van der Waals surface area contributed by atoms with Crippen molar-refractivity contribution in [2.24, 2.45) is 11.3 Å². The lowest BCUT2D eigenvalue weighted by atomic mass is 9.74. The molecule has 2 aromatic rings. The second-order valence-corrected chi connectivity index (χ2v) is 7.55. The lowest BCUT2D eigenvalue weighted by Gasteiger charge is -2.28. The fourth-order valence-electron chi connectivity index (χ4n) is 2.98. The maximum Gasteiger partial charge on any atom is 0.317 e. The van der Waals surface area contributed by atoms with Crippen LogP contribution in [-0.4, -0.2) is 18.4 Å². The van der Waals surface area contributed by atoms with Gasteiger partial charge in [-0.05, 0) is 18.1 Å². The van der Waals surface area contributed by atoms with Gasteiger partial charge in [-0.3, -0.25) is 9.59 Å². The first-order valence-corrected chi connectivity index (χ1v) is 9.33. The van der Waals surface area contributed by atoms with Crippen LogP contribution in [0, 0.1) is 11.3 Å². The molecule has 0 fully saturated rings. The zero-order valence-electron chi connectivity index (χ0n) is 16.5. The lowest BCUT2D eigenvalue weighted by Crippen LogP contribution is -2.38. The van der Waals surface area contributed by atoms with Gasteiger partial charge in [0.15, 0.2) is 5.78 Å². The number of allylic oxidation sites excluding steroid dienone is 1. The zero-order chi connectivity index (χ0) is 19.9. The topological polar surface area (TPSA) is 43.4 Å². The van der Waals surface area contributed by atoms with E-state index in [1.54, 1.807) is 6.92 Å². The first-order valence-electron chi connectivity index (χ1n) is 9.33. The van der Waals surface area contributed by atoms with Crippen LogP contribution < -0.4 is 0 Å². The third kappa shape index (κ3) is 5.65. The standard InChI is InChI=1S/C24H28O3/c1-5-27-23(26)21(22(25)24(2,3)4)20(19-14-10-7-11-15-19)17-16-18-12-8-6-9-13-18/h6-17,20-21H,5H2,1-4H3/b17-16+. The van der Waals surface area contributed by atoms with Gasteiger partial charge in [-0.1, -0.05) is 93.6 Å². The largest absolute Gasteiger partial charge is 0.465 e. The van der Waals surface area contributed by atoms with Gasteiger partial charge >= 0.3 is 5.97 Å². The third-order valence-corrected chi connectivity index (χ3v) is 4.40. The van der Waals surface area contributed by atoms with E-state index in [2.05, 4.69) is 0 Å². The molecule has 2 aromatic carbocycles. The summed E-state index contributed by atoms with van der Waals surface area (Å²) in [7, 11) is 0. The smallest absolute Gasteiger partial charge is 0.317 e. The van der Waals surface area contributed by atoms with Crippen LogP contribution in [0.3, 0.4) is 0 Å². The van der Waals surface area contributed by atoms with Gasteiger partial charge in [0.05, 0.1) is 6.61 Å². The number of hydrogen-bond acceptors (Lipinski definition) is 3. The lowest BCUT2D eigenvalue weighted by molar-refractivity contribution is -0.154. The molecule has 0 aliphatic carbocycles. The zero-order valence-corrected chi connectivity index (χ0v) is 16.5. The Hall–Kier alpha value is -2.68. The van der Waals surface area contributed by atoms with Crippen LogP contribution >= 0.6 is 0 Å². The molecule has 0 amide bonds. The Morgan fingerprint density at radius 2 is 1.52 bits per heavy atom. The number of ether oxygens (including phenoxy) is 1. The van der Waals surface area contributed by atoms with E-state index in [0.29, 0.717) is 0 Å². The highest BCUT2D eigenvalue weighted by Gasteiger charge is 2.40. The Morgan fingerprint density at radius 3 is 2.04 bits per heavy atom. The average molecular weight is 364 g/mol. The van der Waals surface area contributed by atoms with Gasteiger partial charge in [-0.15, -0.1) is 0 Å². The highest BCUT2D eigenvalue weighted by Crippen LogP contribution is 2.34. The minimum Gasteiger partial charge on any atom is -0.465 e. The SMILES string of the molecule is CCOC(=O)C(C(=O)C(C)(C)C)C(/C=C/c1ccccc1)c1ccccc1. The van der Waals surface area contributed by atoms with Crippen molar-refractivity contribution in [3.05, 3.63) is 77.9 Å². The number of Topliss-reactive ketones (excluding diaryl/α,β-unsaturated/α-hetero) is 1. The van der Waals surface area contributed by atoms with Crippen molar-refractivity contribution in [1.29, 1.82) is 0 Å². The molecule has 142 valence electrons. The molecule has 0 heterocycles. The number of carbonyl (C=O) groups excluding carboxylic acids is 2. The third-order valence-electron chi connectivity index (χ3n) is 4.40. The molecule has 2 atom stereocenters. The summed E-state index contributed by atoms with van der Waals surface area (Å²) >= 11 is 0. The molecule has 0 aliphatic heterocycles. The van der Waals surface area contributed by atoms with Gasteiger partial charge in [0.1, 0.15) is 5.92 Å². The number of ketones is 1. The van der Waals surface area contributed by atoms with Gasteiger partial charge in [0.25, 0.3) is 0 Å². The Balaban J connectivity index is 2.51. The van der Waals surface area contributed by atoms with Crippen molar-refractivity contribution < 1.29 is 14.3 Å². The van der Waals surface area contributed by atoms with E-state index in [4.69, 9.17) is 4.74 Å². The first-order chi connectivity index (χ1) is 12.8. The van der Waals surface area contributed by atoms with Crippen LogP contribution in [0.25, 0.3) is 6.08 Å². The van der Waals surface area contributed by atoms with E-state index >= 15 is 0 Å². The maximum absolute atomic E-state index is 13.2. The van der Waals surface area contributed by atoms with E-state index < -0.39 is 23.2 Å². The van der Waals surface area contributed by atoms with Crippen LogP contribution in [0.15, 0.2) is 66.7 Å². The second-order valence-electron chi connectivity index (χ2n) is 7.55. The molecule has 2 unspecified atom stereocenters. The number of esters is 1. The van der Waals surface area contributed by atoms with Crippen LogP contribution in [-0.2, 0) is 14.3 Å². The van der Waals surface area contributed by atoms with E-state index in [1.165, 1.54) is 0 Å². The van der Waals surface area contributed by atoms with Crippen LogP contribution in [0.4, 0.5) is 0 Å². The second kappa shape index (κ2) is 9.31. The van der Waals surface area contributed by atoms with Crippen molar-refractivity contribution in [3.63, 3.8) is 0 Å². The van der Waals surface area contributed by atoms with Crippen molar-refractivity contribution in [2.75, 3.05) is 6.61 Å². The number of carbonyl (C=O) groups is 2. The maximum atomic E-state index is 13.2. The molecule has 0 bridgehead atoms. The number of hydrogen-bond donors (Lipinski definition) is 0. The molecule has 0 aromatic heterocycles. The summed E-state index contributed by atoms with van der Waals surface area (Å²) in [5.41, 5.74) is 1.29. The fraction of sp³-hybridized carbons (Fsp3) is 0.333. The molecule has 0 spiro atoms. The van der Waals surface area contributed by atoms with Crippen LogP contribution in [0.2, 0.25) is 0 Å². The predicted molar refractivity (Wildman–Crippen MR) is 109 cm³/mol. The highest BCUT2D eigenvalue weighted by atomic mass is 16.5. The van der Waals surface area contributed by atoms with E-state index in [9.17, 15) is 9.59 Å². The average Bonchev–Trinajstić information content (AvgIpc) is 2.65. The Bertz CT molecular complexity index is 770. The van der Waals surface area contributed by atoms with Crippen molar-refractivity contribution in [2.45, 2.75) is 33.6 Å². The van der Waals surface area contributed by atoms with Crippen LogP contribution in [0.1, 0.15) is 44.7 Å². The van der Waals surface area contributed by atoms with Gasteiger partial charge < -0.3 is 4.74 Å². The van der Waals surface area contributed by atoms with Crippen molar-refractivity contribution in [3.8, 4) is 0 Å². The molecule has 27 heavy (non-hydrogen) atoms. The van der Waals surface area contributed by atoms with E-state index in [0.717, 1.165) is 11.1 Å². The summed E-state index contributed by atoms with van der Waals surface area (Å²) in [6.07, 6.45) is 3.90. The minimum absolute atomic E-state index is 0.118. The monoisotopic (exact) mass is 364 g/mol. The van der Waals surface area contributed by atoms with Crippen molar-refractivity contribution >= 4 is 17.8 Å². The molecule has 0 aliphatic rings. The molecular formula is C24H28O3. The highest BCUT2D eigenvalue weighted by molar-refractivity contribution is 6.02. The Labute approximate surface area is 162 Å². The minimum atomic E-state index is -0.882. The number of rotatable bonds is 7. The van der Waals surface area contributed by atoms with Crippen molar-refractivity contribution in [1.82, 2.24) is 0 Å². The van der Waals surface area contributed by atoms with Gasteiger partial charge in [0.2, 0.25) is 0 Å². The van der Waals surface area contributed by atoms with Gasteiger partial charge in [0, 0.05) is 11.3 Å². The van der Waals surface area contributed by atoms with E-state index in [-0.39, 0.29) is 12.4 Å². The summed E-state index contributed by atoms with van der Waals surface area (Å²) in [5, 5.41) is 0. The summed E-state index contributed by atoms with van der Waals surface area (Å²) in [6.45, 7) is 7.52. The molecule has 2 rings (SSSR count). The summed E-state index contributed by atoms with van der Waals surface area (Å²) < 4.78 is 5.28. The molecule has 0 N–H and O–H groups in total. The summed E-state index contributed by atoms with van der Waals surface area (Å²) in [5.74, 6) is -1.86. The summed E-state index contributed by atoms with van der Waals surface area (Å²) in [6, 6.07) is 19.5. The first kappa shape index (κ1) is 20.6. The van der Waals surface area contributed by atoms with E-state index in [1.807, 2.05) is 93.6 Å². The molecule has 0 saturated heterocycles. The number of benzene rings is 2. The molecule has 3 nitrogen and oxygen atoms in total. The normalized spacial score (nSPS) is 13.9. The Kier molecular flexibility index (Phi) is 7.12.